The monoisotopic (exact) mass is 432 g/mol. The number of amides is 2. The zero-order valence-electron chi connectivity index (χ0n) is 16.1. The van der Waals surface area contributed by atoms with Gasteiger partial charge in [-0.15, -0.1) is 11.3 Å². The van der Waals surface area contributed by atoms with E-state index in [1.54, 1.807) is 46.6 Å². The molecule has 0 radical (unpaired) electrons. The van der Waals surface area contributed by atoms with Crippen LogP contribution in [0.1, 0.15) is 23.6 Å². The van der Waals surface area contributed by atoms with E-state index < -0.39 is 9.84 Å². The Balaban J connectivity index is 1.24. The van der Waals surface area contributed by atoms with Crippen molar-refractivity contribution in [3.63, 3.8) is 0 Å². The SMILES string of the molecule is O=C(CCS(=O)(=O)c1ccccc1)N1CCN(C(=O)[C@@H]2C[C@@H]2c2cccs2)CC1. The molecule has 0 bridgehead atoms. The van der Waals surface area contributed by atoms with E-state index in [0.717, 1.165) is 6.42 Å². The molecule has 1 aromatic heterocycles. The quantitative estimate of drug-likeness (QED) is 0.703. The Morgan fingerprint density at radius 3 is 2.31 bits per heavy atom. The first-order valence-electron chi connectivity index (χ1n) is 9.83. The van der Waals surface area contributed by atoms with Crippen LogP contribution in [0.5, 0.6) is 0 Å². The predicted molar refractivity (Wildman–Crippen MR) is 111 cm³/mol. The van der Waals surface area contributed by atoms with Gasteiger partial charge in [-0.1, -0.05) is 24.3 Å². The average Bonchev–Trinajstić information content (AvgIpc) is 3.36. The van der Waals surface area contributed by atoms with Crippen LogP contribution < -0.4 is 0 Å². The van der Waals surface area contributed by atoms with Crippen LogP contribution in [0.3, 0.4) is 0 Å². The van der Waals surface area contributed by atoms with Gasteiger partial charge in [0.05, 0.1) is 10.6 Å². The molecule has 2 heterocycles. The molecule has 154 valence electrons. The van der Waals surface area contributed by atoms with Crippen LogP contribution >= 0.6 is 11.3 Å². The molecule has 4 rings (SSSR count). The third-order valence-electron chi connectivity index (χ3n) is 5.65. The van der Waals surface area contributed by atoms with E-state index in [2.05, 4.69) is 6.07 Å². The van der Waals surface area contributed by atoms with Crippen LogP contribution in [0, 0.1) is 5.92 Å². The summed E-state index contributed by atoms with van der Waals surface area (Å²) < 4.78 is 24.7. The van der Waals surface area contributed by atoms with Gasteiger partial charge < -0.3 is 9.80 Å². The summed E-state index contributed by atoms with van der Waals surface area (Å²) in [6.07, 6.45) is 0.879. The Morgan fingerprint density at radius 1 is 0.966 bits per heavy atom. The van der Waals surface area contributed by atoms with Crippen LogP contribution in [0.4, 0.5) is 0 Å². The largest absolute Gasteiger partial charge is 0.339 e. The van der Waals surface area contributed by atoms with Crippen molar-refractivity contribution in [3.05, 3.63) is 52.7 Å². The topological polar surface area (TPSA) is 74.8 Å². The van der Waals surface area contributed by atoms with Gasteiger partial charge in [0.2, 0.25) is 11.8 Å². The Bertz CT molecular complexity index is 965. The van der Waals surface area contributed by atoms with Crippen LogP contribution in [0.2, 0.25) is 0 Å². The molecule has 0 N–H and O–H groups in total. The molecule has 2 aliphatic rings. The summed E-state index contributed by atoms with van der Waals surface area (Å²) >= 11 is 1.70. The third-order valence-corrected chi connectivity index (χ3v) is 8.38. The van der Waals surface area contributed by atoms with Gasteiger partial charge in [-0.05, 0) is 30.0 Å². The second kappa shape index (κ2) is 8.28. The van der Waals surface area contributed by atoms with E-state index in [9.17, 15) is 18.0 Å². The molecule has 29 heavy (non-hydrogen) atoms. The second-order valence-corrected chi connectivity index (χ2v) is 10.6. The minimum absolute atomic E-state index is 0.0335. The van der Waals surface area contributed by atoms with Gasteiger partial charge in [-0.2, -0.15) is 0 Å². The predicted octanol–water partition coefficient (Wildman–Crippen LogP) is 2.39. The summed E-state index contributed by atoms with van der Waals surface area (Å²) in [5.41, 5.74) is 0. The van der Waals surface area contributed by atoms with Crippen molar-refractivity contribution in [3.8, 4) is 0 Å². The van der Waals surface area contributed by atoms with Crippen LogP contribution in [0.15, 0.2) is 52.7 Å². The molecule has 2 aromatic rings. The van der Waals surface area contributed by atoms with Gasteiger partial charge in [0.15, 0.2) is 9.84 Å². The number of nitrogens with zero attached hydrogens (tertiary/aromatic N) is 2. The second-order valence-electron chi connectivity index (χ2n) is 7.55. The van der Waals surface area contributed by atoms with Gasteiger partial charge in [0.25, 0.3) is 0 Å². The highest BCUT2D eigenvalue weighted by atomic mass is 32.2. The van der Waals surface area contributed by atoms with E-state index >= 15 is 0 Å². The summed E-state index contributed by atoms with van der Waals surface area (Å²) in [6.45, 7) is 1.96. The molecule has 2 fully saturated rings. The van der Waals surface area contributed by atoms with Gasteiger partial charge in [-0.25, -0.2) is 8.42 Å². The van der Waals surface area contributed by atoms with Crippen LogP contribution in [-0.4, -0.2) is 62.0 Å². The molecule has 0 unspecified atom stereocenters. The molecule has 1 aromatic carbocycles. The van der Waals surface area contributed by atoms with Gasteiger partial charge in [-0.3, -0.25) is 9.59 Å². The van der Waals surface area contributed by atoms with Gasteiger partial charge in [0, 0.05) is 49.3 Å². The summed E-state index contributed by atoms with van der Waals surface area (Å²) in [6, 6.07) is 12.3. The standard InChI is InChI=1S/C21H24N2O4S2/c24-20(8-14-29(26,27)16-5-2-1-3-6-16)22-9-11-23(12-10-22)21(25)18-15-17(18)19-7-4-13-28-19/h1-7,13,17-18H,8-12,14-15H2/t17-,18+/m0/s1. The number of thiophene rings is 1. The first kappa shape index (κ1) is 20.1. The first-order valence-corrected chi connectivity index (χ1v) is 12.4. The number of hydrogen-bond donors (Lipinski definition) is 0. The molecule has 6 nitrogen and oxygen atoms in total. The normalized spacial score (nSPS) is 21.8. The average molecular weight is 433 g/mol. The van der Waals surface area contributed by atoms with E-state index in [1.165, 1.54) is 4.88 Å². The maximum atomic E-state index is 12.7. The maximum absolute atomic E-state index is 12.7. The first-order chi connectivity index (χ1) is 14.0. The van der Waals surface area contributed by atoms with Crippen molar-refractivity contribution in [2.75, 3.05) is 31.9 Å². The summed E-state index contributed by atoms with van der Waals surface area (Å²) in [5, 5.41) is 2.04. The zero-order valence-corrected chi connectivity index (χ0v) is 17.7. The number of carbonyl (C=O) groups excluding carboxylic acids is 2. The Labute approximate surface area is 175 Å². The summed E-state index contributed by atoms with van der Waals surface area (Å²) in [4.78, 5) is 30.2. The Hall–Kier alpha value is -2.19. The molecule has 2 amide bonds. The lowest BCUT2D eigenvalue weighted by Crippen LogP contribution is -2.51. The van der Waals surface area contributed by atoms with Crippen molar-refractivity contribution < 1.29 is 18.0 Å². The Morgan fingerprint density at radius 2 is 1.66 bits per heavy atom. The maximum Gasteiger partial charge on any atom is 0.226 e. The van der Waals surface area contributed by atoms with E-state index in [0.29, 0.717) is 32.1 Å². The Kier molecular flexibility index (Phi) is 5.74. The van der Waals surface area contributed by atoms with Crippen LogP contribution in [0.25, 0.3) is 0 Å². The van der Waals surface area contributed by atoms with Crippen molar-refractivity contribution >= 4 is 33.0 Å². The molecule has 8 heteroatoms. The minimum atomic E-state index is -3.46. The number of sulfone groups is 1. The fourth-order valence-corrected chi connectivity index (χ4v) is 5.98. The summed E-state index contributed by atoms with van der Waals surface area (Å²) in [7, 11) is -3.46. The van der Waals surface area contributed by atoms with Crippen molar-refractivity contribution in [2.24, 2.45) is 5.92 Å². The highest BCUT2D eigenvalue weighted by Gasteiger charge is 2.46. The lowest BCUT2D eigenvalue weighted by molar-refractivity contribution is -0.140. The number of benzene rings is 1. The smallest absolute Gasteiger partial charge is 0.226 e. The number of hydrogen-bond acceptors (Lipinski definition) is 5. The lowest BCUT2D eigenvalue weighted by atomic mass is 10.2. The van der Waals surface area contributed by atoms with E-state index in [-0.39, 0.29) is 34.8 Å². The fourth-order valence-electron chi connectivity index (χ4n) is 3.82. The van der Waals surface area contributed by atoms with Gasteiger partial charge >= 0.3 is 0 Å². The molecule has 1 saturated carbocycles. The van der Waals surface area contributed by atoms with Gasteiger partial charge in [0.1, 0.15) is 0 Å². The fraction of sp³-hybridized carbons (Fsp3) is 0.429. The number of rotatable bonds is 6. The third kappa shape index (κ3) is 4.53. The van der Waals surface area contributed by atoms with E-state index in [4.69, 9.17) is 0 Å². The minimum Gasteiger partial charge on any atom is -0.339 e. The van der Waals surface area contributed by atoms with Crippen molar-refractivity contribution in [1.82, 2.24) is 9.80 Å². The molecule has 2 atom stereocenters. The molecule has 1 saturated heterocycles. The highest BCUT2D eigenvalue weighted by molar-refractivity contribution is 7.91. The highest BCUT2D eigenvalue weighted by Crippen LogP contribution is 2.50. The number of piperazine rings is 1. The molecule has 1 aliphatic carbocycles. The van der Waals surface area contributed by atoms with Crippen molar-refractivity contribution in [1.29, 1.82) is 0 Å². The summed E-state index contributed by atoms with van der Waals surface area (Å²) in [5.74, 6) is 0.249. The number of carbonyl (C=O) groups is 2. The molecule has 0 spiro atoms. The van der Waals surface area contributed by atoms with Crippen molar-refractivity contribution in [2.45, 2.75) is 23.7 Å². The molecule has 1 aliphatic heterocycles. The molecular weight excluding hydrogens is 408 g/mol. The zero-order chi connectivity index (χ0) is 20.4. The lowest BCUT2D eigenvalue weighted by Gasteiger charge is -2.35. The van der Waals surface area contributed by atoms with E-state index in [1.807, 2.05) is 16.3 Å². The molecular formula is C21H24N2O4S2. The van der Waals surface area contributed by atoms with Crippen LogP contribution in [-0.2, 0) is 19.4 Å².